The third kappa shape index (κ3) is 3.82. The van der Waals surface area contributed by atoms with Gasteiger partial charge in [0, 0.05) is 17.8 Å². The second-order valence-corrected chi connectivity index (χ2v) is 7.00. The van der Waals surface area contributed by atoms with Gasteiger partial charge in [-0.2, -0.15) is 33.7 Å². The van der Waals surface area contributed by atoms with E-state index in [1.165, 1.54) is 12.4 Å². The van der Waals surface area contributed by atoms with Gasteiger partial charge in [-0.15, -0.1) is 4.80 Å². The van der Waals surface area contributed by atoms with Gasteiger partial charge < -0.3 is 5.73 Å². The first-order chi connectivity index (χ1) is 16.0. The van der Waals surface area contributed by atoms with Gasteiger partial charge in [-0.1, -0.05) is 11.6 Å². The van der Waals surface area contributed by atoms with Crippen molar-refractivity contribution in [1.29, 1.82) is 5.26 Å². The highest BCUT2D eigenvalue weighted by Gasteiger charge is 2.43. The number of nitrogens with zero attached hydrogens (tertiary/aromatic N) is 7. The summed E-state index contributed by atoms with van der Waals surface area (Å²) in [5.74, 6) is -4.23. The number of hydrogen-bond acceptors (Lipinski definition) is 6. The van der Waals surface area contributed by atoms with E-state index >= 15 is 0 Å². The molecule has 34 heavy (non-hydrogen) atoms. The number of halogens is 6. The Morgan fingerprint density at radius 1 is 1.15 bits per heavy atom. The Kier molecular flexibility index (Phi) is 5.49. The van der Waals surface area contributed by atoms with Crippen molar-refractivity contribution in [2.45, 2.75) is 6.18 Å². The molecule has 0 fully saturated rings. The fourth-order valence-corrected chi connectivity index (χ4v) is 3.44. The Hall–Kier alpha value is -4.38. The van der Waals surface area contributed by atoms with Crippen LogP contribution in [0.25, 0.3) is 22.8 Å². The molecule has 0 saturated heterocycles. The maximum Gasteiger partial charge on any atom is 0.434 e. The van der Waals surface area contributed by atoms with Gasteiger partial charge in [0.25, 0.3) is 5.91 Å². The quantitative estimate of drug-likeness (QED) is 0.433. The van der Waals surface area contributed by atoms with Crippen LogP contribution in [0.5, 0.6) is 0 Å². The number of alkyl halides is 3. The number of nitriles is 1. The minimum Gasteiger partial charge on any atom is -0.365 e. The Morgan fingerprint density at radius 2 is 1.82 bits per heavy atom. The SMILES string of the molecule is N#Cc1cc(-c2nn(-c3c(F)cc(F)cc3Cl)c(C(F)(F)F)c2C(N)=O)cnc1-n1nccn1. The highest BCUT2D eigenvalue weighted by Crippen LogP contribution is 2.40. The van der Waals surface area contributed by atoms with E-state index < -0.39 is 51.4 Å². The molecule has 0 aliphatic heterocycles. The lowest BCUT2D eigenvalue weighted by atomic mass is 10.0. The van der Waals surface area contributed by atoms with Gasteiger partial charge in [-0.05, 0) is 12.1 Å². The molecular weight excluding hydrogens is 487 g/mol. The minimum absolute atomic E-state index is 0.0154. The van der Waals surface area contributed by atoms with Crippen LogP contribution in [0.2, 0.25) is 5.02 Å². The van der Waals surface area contributed by atoms with Crippen LogP contribution < -0.4 is 5.73 Å². The summed E-state index contributed by atoms with van der Waals surface area (Å²) in [6.45, 7) is 0. The van der Waals surface area contributed by atoms with Crippen LogP contribution in [-0.2, 0) is 6.18 Å². The fraction of sp³-hybridized carbons (Fsp3) is 0.0526. The number of benzene rings is 1. The third-order valence-electron chi connectivity index (χ3n) is 4.46. The molecule has 15 heteroatoms. The Balaban J connectivity index is 2.04. The largest absolute Gasteiger partial charge is 0.434 e. The van der Waals surface area contributed by atoms with Crippen molar-refractivity contribution in [3.8, 4) is 28.8 Å². The maximum absolute atomic E-state index is 14.5. The molecule has 3 aromatic heterocycles. The zero-order valence-electron chi connectivity index (χ0n) is 16.3. The van der Waals surface area contributed by atoms with E-state index in [1.54, 1.807) is 6.07 Å². The van der Waals surface area contributed by atoms with Crippen LogP contribution in [0.4, 0.5) is 22.0 Å². The van der Waals surface area contributed by atoms with Crippen LogP contribution in [0, 0.1) is 23.0 Å². The van der Waals surface area contributed by atoms with E-state index in [1.807, 2.05) is 0 Å². The lowest BCUT2D eigenvalue weighted by Crippen LogP contribution is -2.21. The number of primary amides is 1. The van der Waals surface area contributed by atoms with E-state index in [2.05, 4.69) is 20.3 Å². The zero-order valence-corrected chi connectivity index (χ0v) is 17.1. The van der Waals surface area contributed by atoms with Gasteiger partial charge in [-0.25, -0.2) is 18.4 Å². The number of carbonyl (C=O) groups is 1. The molecule has 0 spiro atoms. The van der Waals surface area contributed by atoms with Crippen LogP contribution in [0.15, 0.2) is 36.8 Å². The summed E-state index contributed by atoms with van der Waals surface area (Å²) in [4.78, 5) is 17.1. The molecule has 0 atom stereocenters. The summed E-state index contributed by atoms with van der Waals surface area (Å²) in [5.41, 5.74) is 0.302. The zero-order chi connectivity index (χ0) is 24.8. The van der Waals surface area contributed by atoms with Crippen LogP contribution in [0.3, 0.4) is 0 Å². The summed E-state index contributed by atoms with van der Waals surface area (Å²) in [7, 11) is 0. The standard InChI is InChI=1S/C19H8ClF5N8O/c20-11-4-10(21)5-12(22)15(11)32-16(19(23,24)25)13(17(27)34)14(31-32)9-3-8(6-26)18(28-7-9)33-29-1-2-30-33/h1-5,7H,(H2,27,34). The number of hydrogen-bond donors (Lipinski definition) is 1. The van der Waals surface area contributed by atoms with Gasteiger partial charge in [0.15, 0.2) is 17.3 Å². The van der Waals surface area contributed by atoms with Gasteiger partial charge in [0.2, 0.25) is 0 Å². The molecule has 0 unspecified atom stereocenters. The first-order valence-corrected chi connectivity index (χ1v) is 9.32. The number of aromatic nitrogens is 6. The van der Waals surface area contributed by atoms with Crippen LogP contribution in [0.1, 0.15) is 21.6 Å². The van der Waals surface area contributed by atoms with E-state index in [4.69, 9.17) is 17.3 Å². The Morgan fingerprint density at radius 3 is 2.38 bits per heavy atom. The molecule has 9 nitrogen and oxygen atoms in total. The number of carbonyl (C=O) groups excluding carboxylic acids is 1. The second-order valence-electron chi connectivity index (χ2n) is 6.59. The van der Waals surface area contributed by atoms with Crippen molar-refractivity contribution in [1.82, 2.24) is 29.8 Å². The molecule has 3 heterocycles. The predicted molar refractivity (Wildman–Crippen MR) is 105 cm³/mol. The summed E-state index contributed by atoms with van der Waals surface area (Å²) < 4.78 is 70.1. The van der Waals surface area contributed by atoms with Gasteiger partial charge in [-0.3, -0.25) is 4.79 Å². The number of rotatable bonds is 4. The molecule has 0 aliphatic carbocycles. The predicted octanol–water partition coefficient (Wildman–Crippen LogP) is 3.44. The first-order valence-electron chi connectivity index (χ1n) is 8.95. The van der Waals surface area contributed by atoms with E-state index in [9.17, 15) is 32.0 Å². The van der Waals surface area contributed by atoms with E-state index in [0.29, 0.717) is 12.1 Å². The van der Waals surface area contributed by atoms with Crippen molar-refractivity contribution >= 4 is 17.5 Å². The van der Waals surface area contributed by atoms with Crippen molar-refractivity contribution in [2.75, 3.05) is 0 Å². The average molecular weight is 495 g/mol. The molecule has 4 aromatic rings. The first kappa shape index (κ1) is 22.8. The molecule has 2 N–H and O–H groups in total. The smallest absolute Gasteiger partial charge is 0.365 e. The summed E-state index contributed by atoms with van der Waals surface area (Å²) >= 11 is 5.81. The molecule has 1 amide bonds. The topological polar surface area (TPSA) is 128 Å². The fourth-order valence-electron chi connectivity index (χ4n) is 3.17. The monoisotopic (exact) mass is 494 g/mol. The van der Waals surface area contributed by atoms with Crippen molar-refractivity contribution in [2.24, 2.45) is 5.73 Å². The second kappa shape index (κ2) is 8.19. The third-order valence-corrected chi connectivity index (χ3v) is 4.75. The van der Waals surface area contributed by atoms with Gasteiger partial charge >= 0.3 is 6.18 Å². The molecule has 1 aromatic carbocycles. The van der Waals surface area contributed by atoms with Crippen LogP contribution >= 0.6 is 11.6 Å². The van der Waals surface area contributed by atoms with Gasteiger partial charge in [0.1, 0.15) is 23.3 Å². The number of pyridine rings is 1. The number of nitrogens with two attached hydrogens (primary N) is 1. The lowest BCUT2D eigenvalue weighted by Gasteiger charge is -2.13. The maximum atomic E-state index is 14.5. The normalized spacial score (nSPS) is 11.4. The van der Waals surface area contributed by atoms with Crippen molar-refractivity contribution in [3.63, 3.8) is 0 Å². The minimum atomic E-state index is -5.27. The molecular formula is C19H8ClF5N8O. The highest BCUT2D eigenvalue weighted by molar-refractivity contribution is 6.32. The van der Waals surface area contributed by atoms with Crippen LogP contribution in [-0.4, -0.2) is 35.7 Å². The summed E-state index contributed by atoms with van der Waals surface area (Å²) in [5, 5.41) is 20.1. The lowest BCUT2D eigenvalue weighted by molar-refractivity contribution is -0.143. The molecule has 0 radical (unpaired) electrons. The average Bonchev–Trinajstić information content (AvgIpc) is 3.40. The van der Waals surface area contributed by atoms with Crippen molar-refractivity contribution < 1.29 is 26.7 Å². The summed E-state index contributed by atoms with van der Waals surface area (Å²) in [6.07, 6.45) is -1.66. The van der Waals surface area contributed by atoms with E-state index in [0.717, 1.165) is 17.1 Å². The van der Waals surface area contributed by atoms with E-state index in [-0.39, 0.29) is 21.6 Å². The molecule has 4 rings (SSSR count). The Labute approximate surface area is 190 Å². The number of amides is 1. The highest BCUT2D eigenvalue weighted by atomic mass is 35.5. The summed E-state index contributed by atoms with van der Waals surface area (Å²) in [6, 6.07) is 3.74. The van der Waals surface area contributed by atoms with Crippen molar-refractivity contribution in [3.05, 3.63) is 70.3 Å². The van der Waals surface area contributed by atoms with Gasteiger partial charge in [0.05, 0.1) is 28.5 Å². The molecule has 0 saturated carbocycles. The Bertz CT molecular complexity index is 1450. The molecule has 0 bridgehead atoms. The molecule has 0 aliphatic rings. The molecule has 172 valence electrons.